The lowest BCUT2D eigenvalue weighted by atomic mass is 9.77. The van der Waals surface area contributed by atoms with Crippen LogP contribution in [0, 0.1) is 0 Å². The zero-order chi connectivity index (χ0) is 28.2. The maximum absolute atomic E-state index is 14.0. The van der Waals surface area contributed by atoms with E-state index in [1.54, 1.807) is 13.0 Å². The monoisotopic (exact) mass is 557 g/mol. The first-order valence-electron chi connectivity index (χ1n) is 12.4. The molecule has 1 aliphatic carbocycles. The highest BCUT2D eigenvalue weighted by molar-refractivity contribution is 5.82. The summed E-state index contributed by atoms with van der Waals surface area (Å²) in [6.07, 6.45) is -5.36. The van der Waals surface area contributed by atoms with E-state index in [1.807, 2.05) is 0 Å². The third kappa shape index (κ3) is 5.76. The highest BCUT2D eigenvalue weighted by Crippen LogP contribution is 2.45. The second-order valence-electron chi connectivity index (χ2n) is 10.5. The molecule has 0 amide bonds. The Morgan fingerprint density at radius 3 is 2.36 bits per heavy atom. The van der Waals surface area contributed by atoms with Crippen LogP contribution in [0.15, 0.2) is 48.8 Å². The third-order valence-corrected chi connectivity index (χ3v) is 7.21. The number of nitrogens with one attached hydrogen (secondary N) is 1. The number of nitrogens with zero attached hydrogens (tertiary/aromatic N) is 2. The number of ether oxygens (including phenoxy) is 1. The zero-order valence-electron chi connectivity index (χ0n) is 20.8. The van der Waals surface area contributed by atoms with E-state index in [-0.39, 0.29) is 35.9 Å². The molecule has 0 radical (unpaired) electrons. The Kier molecular flexibility index (Phi) is 6.91. The maximum atomic E-state index is 14.0. The molecule has 5 rings (SSSR count). The summed E-state index contributed by atoms with van der Waals surface area (Å²) in [6, 6.07) is 5.29. The van der Waals surface area contributed by atoms with Gasteiger partial charge in [0.15, 0.2) is 0 Å². The van der Waals surface area contributed by atoms with E-state index in [9.17, 15) is 35.8 Å². The summed E-state index contributed by atoms with van der Waals surface area (Å²) in [5.41, 5.74) is -1.53. The molecule has 1 fully saturated rings. The Morgan fingerprint density at radius 1 is 1.08 bits per heavy atom. The number of fused-ring (bicyclic) bond motifs is 1. The van der Waals surface area contributed by atoms with E-state index in [0.717, 1.165) is 18.2 Å². The molecular formula is C27H26F7N3O2. The van der Waals surface area contributed by atoms with Gasteiger partial charge in [0.1, 0.15) is 19.0 Å². The maximum Gasteiger partial charge on any atom is 0.418 e. The van der Waals surface area contributed by atoms with Crippen LogP contribution >= 0.6 is 0 Å². The number of halogens is 7. The summed E-state index contributed by atoms with van der Waals surface area (Å²) < 4.78 is 102. The molecule has 39 heavy (non-hydrogen) atoms. The Balaban J connectivity index is 1.35. The summed E-state index contributed by atoms with van der Waals surface area (Å²) in [5, 5.41) is 13.1. The van der Waals surface area contributed by atoms with Crippen molar-refractivity contribution in [2.24, 2.45) is 0 Å². The lowest BCUT2D eigenvalue weighted by molar-refractivity contribution is -0.138. The van der Waals surface area contributed by atoms with Crippen LogP contribution in [0.1, 0.15) is 48.9 Å². The minimum Gasteiger partial charge on any atom is -0.492 e. The molecule has 2 N–H and O–H groups in total. The fourth-order valence-corrected chi connectivity index (χ4v) is 5.34. The quantitative estimate of drug-likeness (QED) is 0.348. The van der Waals surface area contributed by atoms with Gasteiger partial charge in [-0.1, -0.05) is 18.2 Å². The second kappa shape index (κ2) is 9.81. The standard InChI is InChI=1S/C27H26F7N3O2/c1-25(38)10-20(11-25)37-14-35-23-9-21(8-22(24(23)37)27(32,33)34)39-13-19-7-16(6-18(12-28)36-19)15-2-4-17(5-3-15)26(29,30)31/h2-6,8-9,14,18-20,36,38H,7,10-13H2,1H3/t18-,19+,20?,25?/m1/s1. The average Bonchev–Trinajstić information content (AvgIpc) is 3.27. The molecule has 2 atom stereocenters. The zero-order valence-corrected chi connectivity index (χ0v) is 20.8. The van der Waals surface area contributed by atoms with Crippen LogP contribution in [0.3, 0.4) is 0 Å². The first kappa shape index (κ1) is 27.4. The van der Waals surface area contributed by atoms with Crippen molar-refractivity contribution in [1.82, 2.24) is 14.9 Å². The van der Waals surface area contributed by atoms with E-state index in [0.29, 0.717) is 24.0 Å². The SMILES string of the molecule is CC1(O)CC(n2cnc3cc(OC[C@@H]4CC(c5ccc(C(F)(F)F)cc5)=C[C@H](CF)N4)cc(C(F)(F)F)c32)C1. The van der Waals surface area contributed by atoms with Crippen LogP contribution in [0.2, 0.25) is 0 Å². The molecule has 5 nitrogen and oxygen atoms in total. The van der Waals surface area contributed by atoms with Crippen LogP contribution in [-0.2, 0) is 12.4 Å². The van der Waals surface area contributed by atoms with E-state index in [2.05, 4.69) is 10.3 Å². The van der Waals surface area contributed by atoms with Crippen molar-refractivity contribution in [2.75, 3.05) is 13.3 Å². The fraction of sp³-hybridized carbons (Fsp3) is 0.444. The molecule has 1 aromatic heterocycles. The molecule has 0 saturated heterocycles. The molecule has 3 aromatic rings. The van der Waals surface area contributed by atoms with Crippen LogP contribution in [0.4, 0.5) is 30.7 Å². The van der Waals surface area contributed by atoms with Gasteiger partial charge in [-0.2, -0.15) is 26.3 Å². The first-order valence-corrected chi connectivity index (χ1v) is 12.4. The van der Waals surface area contributed by atoms with Crippen molar-refractivity contribution in [2.45, 2.75) is 62.3 Å². The number of alkyl halides is 7. The minimum atomic E-state index is -4.69. The van der Waals surface area contributed by atoms with Crippen molar-refractivity contribution in [1.29, 1.82) is 0 Å². The predicted octanol–water partition coefficient (Wildman–Crippen LogP) is 6.32. The molecule has 0 bridgehead atoms. The summed E-state index contributed by atoms with van der Waals surface area (Å²) in [4.78, 5) is 4.15. The lowest BCUT2D eigenvalue weighted by Crippen LogP contribution is -2.45. The molecule has 0 spiro atoms. The van der Waals surface area contributed by atoms with Crippen molar-refractivity contribution in [3.8, 4) is 5.75 Å². The van der Waals surface area contributed by atoms with Gasteiger partial charge in [0, 0.05) is 18.2 Å². The number of aliphatic hydroxyl groups is 1. The Bertz CT molecular complexity index is 1370. The van der Waals surface area contributed by atoms with Crippen molar-refractivity contribution < 1.29 is 40.6 Å². The molecule has 12 heteroatoms. The fourth-order valence-electron chi connectivity index (χ4n) is 5.34. The van der Waals surface area contributed by atoms with Crippen molar-refractivity contribution in [3.05, 3.63) is 65.5 Å². The van der Waals surface area contributed by atoms with E-state index < -0.39 is 47.8 Å². The average molecular weight is 558 g/mol. The summed E-state index contributed by atoms with van der Waals surface area (Å²) in [7, 11) is 0. The number of imidazole rings is 1. The molecular weight excluding hydrogens is 531 g/mol. The van der Waals surface area contributed by atoms with Gasteiger partial charge < -0.3 is 19.7 Å². The van der Waals surface area contributed by atoms with Gasteiger partial charge in [0.25, 0.3) is 0 Å². The highest BCUT2D eigenvalue weighted by atomic mass is 19.4. The van der Waals surface area contributed by atoms with Crippen LogP contribution in [0.25, 0.3) is 16.6 Å². The Hall–Kier alpha value is -3.12. The normalized spacial score (nSPS) is 25.9. The molecule has 210 valence electrons. The number of aromatic nitrogens is 2. The first-order chi connectivity index (χ1) is 18.2. The van der Waals surface area contributed by atoms with Gasteiger partial charge >= 0.3 is 12.4 Å². The van der Waals surface area contributed by atoms with Crippen molar-refractivity contribution in [3.63, 3.8) is 0 Å². The largest absolute Gasteiger partial charge is 0.492 e. The van der Waals surface area contributed by atoms with Gasteiger partial charge in [0.2, 0.25) is 0 Å². The summed E-state index contributed by atoms with van der Waals surface area (Å²) in [5.74, 6) is -0.0649. The van der Waals surface area contributed by atoms with Crippen LogP contribution < -0.4 is 10.1 Å². The molecule has 2 aromatic carbocycles. The van der Waals surface area contributed by atoms with Crippen LogP contribution in [-0.4, -0.2) is 45.6 Å². The van der Waals surface area contributed by atoms with Gasteiger partial charge in [-0.15, -0.1) is 0 Å². The number of hydrogen-bond acceptors (Lipinski definition) is 4. The van der Waals surface area contributed by atoms with E-state index in [4.69, 9.17) is 4.74 Å². The van der Waals surface area contributed by atoms with E-state index >= 15 is 0 Å². The number of rotatable bonds is 6. The number of hydrogen-bond donors (Lipinski definition) is 2. The van der Waals surface area contributed by atoms with Crippen molar-refractivity contribution >= 4 is 16.6 Å². The van der Waals surface area contributed by atoms with Gasteiger partial charge in [-0.3, -0.25) is 0 Å². The third-order valence-electron chi connectivity index (χ3n) is 7.21. The van der Waals surface area contributed by atoms with Gasteiger partial charge in [-0.05, 0) is 55.5 Å². The van der Waals surface area contributed by atoms with Gasteiger partial charge in [0.05, 0.1) is 40.1 Å². The predicted molar refractivity (Wildman–Crippen MR) is 130 cm³/mol. The Morgan fingerprint density at radius 2 is 1.77 bits per heavy atom. The summed E-state index contributed by atoms with van der Waals surface area (Å²) in [6.45, 7) is 0.740. The van der Waals surface area contributed by atoms with Crippen LogP contribution in [0.5, 0.6) is 5.75 Å². The minimum absolute atomic E-state index is 0.0649. The second-order valence-corrected chi connectivity index (χ2v) is 10.5. The van der Waals surface area contributed by atoms with Gasteiger partial charge in [-0.25, -0.2) is 9.37 Å². The Labute approximate surface area is 219 Å². The molecule has 2 aliphatic rings. The topological polar surface area (TPSA) is 59.3 Å². The summed E-state index contributed by atoms with van der Waals surface area (Å²) >= 11 is 0. The molecule has 1 saturated carbocycles. The molecule has 1 aliphatic heterocycles. The van der Waals surface area contributed by atoms with E-state index in [1.165, 1.54) is 29.1 Å². The number of benzene rings is 2. The lowest BCUT2D eigenvalue weighted by Gasteiger charge is -2.41. The highest BCUT2D eigenvalue weighted by Gasteiger charge is 2.42. The molecule has 0 unspecified atom stereocenters. The smallest absolute Gasteiger partial charge is 0.418 e. The molecule has 2 heterocycles.